The third-order valence-corrected chi connectivity index (χ3v) is 3.49. The molecule has 2 aromatic carbocycles. The summed E-state index contributed by atoms with van der Waals surface area (Å²) in [5.74, 6) is -0.276. The highest BCUT2D eigenvalue weighted by Gasteiger charge is 2.28. The molecule has 3 heteroatoms. The summed E-state index contributed by atoms with van der Waals surface area (Å²) >= 11 is 6.14. The smallest absolute Gasteiger partial charge is 0.339 e. The normalized spacial score (nSPS) is 18.1. The Labute approximate surface area is 110 Å². The molecule has 1 aliphatic heterocycles. The van der Waals surface area contributed by atoms with E-state index in [0.717, 1.165) is 11.1 Å². The van der Waals surface area contributed by atoms with E-state index >= 15 is 0 Å². The zero-order valence-electron chi connectivity index (χ0n) is 9.60. The predicted octanol–water partition coefficient (Wildman–Crippen LogP) is 3.79. The molecule has 0 N–H and O–H groups in total. The Balaban J connectivity index is 2.00. The van der Waals surface area contributed by atoms with Crippen LogP contribution in [-0.2, 0) is 11.2 Å². The van der Waals surface area contributed by atoms with Crippen LogP contribution in [-0.4, -0.2) is 5.97 Å². The number of fused-ring (bicyclic) bond motifs is 1. The lowest BCUT2D eigenvalue weighted by Crippen LogP contribution is -2.21. The molecule has 18 heavy (non-hydrogen) atoms. The Hall–Kier alpha value is -1.80. The molecule has 0 bridgehead atoms. The van der Waals surface area contributed by atoms with Gasteiger partial charge in [0.1, 0.15) is 6.10 Å². The lowest BCUT2D eigenvalue weighted by Gasteiger charge is -2.25. The number of cyclic esters (lactones) is 1. The first-order valence-electron chi connectivity index (χ1n) is 5.79. The fraction of sp³-hybridized carbons (Fsp3) is 0.133. The van der Waals surface area contributed by atoms with Gasteiger partial charge in [-0.15, -0.1) is 0 Å². The van der Waals surface area contributed by atoms with E-state index in [4.69, 9.17) is 16.3 Å². The van der Waals surface area contributed by atoms with Crippen molar-refractivity contribution in [1.29, 1.82) is 0 Å². The van der Waals surface area contributed by atoms with Crippen LogP contribution in [0.5, 0.6) is 0 Å². The van der Waals surface area contributed by atoms with Crippen LogP contribution in [0.1, 0.15) is 27.6 Å². The van der Waals surface area contributed by atoms with Gasteiger partial charge < -0.3 is 4.74 Å². The Kier molecular flexibility index (Phi) is 2.80. The van der Waals surface area contributed by atoms with Crippen molar-refractivity contribution in [2.24, 2.45) is 0 Å². The molecule has 2 nitrogen and oxygen atoms in total. The van der Waals surface area contributed by atoms with Crippen LogP contribution < -0.4 is 0 Å². The summed E-state index contributed by atoms with van der Waals surface area (Å²) in [4.78, 5) is 11.9. The third kappa shape index (κ3) is 1.89. The van der Waals surface area contributed by atoms with E-state index in [1.165, 1.54) is 0 Å². The Morgan fingerprint density at radius 3 is 2.61 bits per heavy atom. The van der Waals surface area contributed by atoms with Crippen LogP contribution in [0, 0.1) is 0 Å². The van der Waals surface area contributed by atoms with Crippen molar-refractivity contribution in [3.63, 3.8) is 0 Å². The van der Waals surface area contributed by atoms with E-state index in [9.17, 15) is 4.79 Å². The molecule has 0 aromatic heterocycles. The lowest BCUT2D eigenvalue weighted by atomic mass is 9.95. The second-order valence-corrected chi connectivity index (χ2v) is 4.68. The van der Waals surface area contributed by atoms with Crippen LogP contribution in [0.15, 0.2) is 48.5 Å². The van der Waals surface area contributed by atoms with Crippen LogP contribution in [0.3, 0.4) is 0 Å². The second-order valence-electron chi connectivity index (χ2n) is 4.28. The van der Waals surface area contributed by atoms with E-state index in [-0.39, 0.29) is 12.1 Å². The summed E-state index contributed by atoms with van der Waals surface area (Å²) in [7, 11) is 0. The monoisotopic (exact) mass is 258 g/mol. The second kappa shape index (κ2) is 4.46. The topological polar surface area (TPSA) is 26.3 Å². The van der Waals surface area contributed by atoms with Crippen molar-refractivity contribution >= 4 is 17.6 Å². The summed E-state index contributed by atoms with van der Waals surface area (Å²) in [5.41, 5.74) is 2.53. The average Bonchev–Trinajstić information content (AvgIpc) is 2.39. The molecule has 0 spiro atoms. The van der Waals surface area contributed by atoms with Gasteiger partial charge in [-0.3, -0.25) is 0 Å². The number of benzene rings is 2. The van der Waals surface area contributed by atoms with Gasteiger partial charge in [-0.05, 0) is 17.7 Å². The highest BCUT2D eigenvalue weighted by molar-refractivity contribution is 6.31. The van der Waals surface area contributed by atoms with Crippen molar-refractivity contribution in [3.05, 3.63) is 70.2 Å². The van der Waals surface area contributed by atoms with Gasteiger partial charge in [0.05, 0.1) is 5.56 Å². The molecule has 3 rings (SSSR count). The molecule has 0 amide bonds. The van der Waals surface area contributed by atoms with Gasteiger partial charge in [0.2, 0.25) is 0 Å². The van der Waals surface area contributed by atoms with Gasteiger partial charge in [0.25, 0.3) is 0 Å². The van der Waals surface area contributed by atoms with Crippen LogP contribution in [0.25, 0.3) is 0 Å². The molecular formula is C15H11ClO2. The van der Waals surface area contributed by atoms with Crippen LogP contribution >= 0.6 is 11.6 Å². The Bertz CT molecular complexity index is 607. The van der Waals surface area contributed by atoms with Crippen molar-refractivity contribution in [2.75, 3.05) is 0 Å². The summed E-state index contributed by atoms with van der Waals surface area (Å²) in [6.07, 6.45) is 0.382. The zero-order chi connectivity index (χ0) is 12.5. The minimum Gasteiger partial charge on any atom is -0.453 e. The molecule has 2 aromatic rings. The first-order valence-corrected chi connectivity index (χ1v) is 6.17. The molecule has 0 radical (unpaired) electrons. The Morgan fingerprint density at radius 2 is 1.78 bits per heavy atom. The predicted molar refractivity (Wildman–Crippen MR) is 69.8 cm³/mol. The molecule has 1 heterocycles. The molecule has 90 valence electrons. The maximum atomic E-state index is 11.9. The quantitative estimate of drug-likeness (QED) is 0.728. The lowest BCUT2D eigenvalue weighted by molar-refractivity contribution is 0.0253. The van der Waals surface area contributed by atoms with Crippen molar-refractivity contribution in [1.82, 2.24) is 0 Å². The number of hydrogen-bond donors (Lipinski definition) is 0. The minimum absolute atomic E-state index is 0.276. The van der Waals surface area contributed by atoms with E-state index in [1.54, 1.807) is 6.07 Å². The Morgan fingerprint density at radius 1 is 1.06 bits per heavy atom. The molecular weight excluding hydrogens is 248 g/mol. The summed E-state index contributed by atoms with van der Waals surface area (Å²) in [6, 6.07) is 15.0. The maximum Gasteiger partial charge on any atom is 0.339 e. The van der Waals surface area contributed by atoms with Crippen LogP contribution in [0.4, 0.5) is 0 Å². The van der Waals surface area contributed by atoms with E-state index < -0.39 is 0 Å². The fourth-order valence-electron chi connectivity index (χ4n) is 2.24. The highest BCUT2D eigenvalue weighted by atomic mass is 35.5. The van der Waals surface area contributed by atoms with Gasteiger partial charge in [-0.2, -0.15) is 0 Å². The number of halogens is 1. The first-order chi connectivity index (χ1) is 8.75. The van der Waals surface area contributed by atoms with Gasteiger partial charge in [0.15, 0.2) is 0 Å². The minimum atomic E-state index is -0.291. The largest absolute Gasteiger partial charge is 0.453 e. The number of hydrogen-bond acceptors (Lipinski definition) is 2. The third-order valence-electron chi connectivity index (χ3n) is 3.14. The molecule has 0 aliphatic carbocycles. The standard InChI is InChI=1S/C15H11ClO2/c16-13-8-4-3-7-12(13)14-9-10-5-1-2-6-11(10)15(17)18-14/h1-8,14H,9H2. The van der Waals surface area contributed by atoms with Gasteiger partial charge in [0, 0.05) is 17.0 Å². The van der Waals surface area contributed by atoms with Gasteiger partial charge >= 0.3 is 5.97 Å². The fourth-order valence-corrected chi connectivity index (χ4v) is 2.50. The molecule has 0 saturated heterocycles. The van der Waals surface area contributed by atoms with Crippen molar-refractivity contribution < 1.29 is 9.53 Å². The SMILES string of the molecule is O=C1OC(c2ccccc2Cl)Cc2ccccc21. The van der Waals surface area contributed by atoms with E-state index in [1.807, 2.05) is 42.5 Å². The average molecular weight is 259 g/mol. The van der Waals surface area contributed by atoms with Crippen molar-refractivity contribution in [2.45, 2.75) is 12.5 Å². The molecule has 1 unspecified atom stereocenters. The van der Waals surface area contributed by atoms with E-state index in [0.29, 0.717) is 17.0 Å². The summed E-state index contributed by atoms with van der Waals surface area (Å²) in [6.45, 7) is 0. The number of carbonyl (C=O) groups excluding carboxylic acids is 1. The number of carbonyl (C=O) groups is 1. The first kappa shape index (κ1) is 11.3. The molecule has 1 atom stereocenters. The summed E-state index contributed by atoms with van der Waals surface area (Å²) in [5, 5.41) is 0.634. The zero-order valence-corrected chi connectivity index (χ0v) is 10.4. The van der Waals surface area contributed by atoms with E-state index in [2.05, 4.69) is 0 Å². The van der Waals surface area contributed by atoms with Crippen molar-refractivity contribution in [3.8, 4) is 0 Å². The maximum absolute atomic E-state index is 11.9. The summed E-state index contributed by atoms with van der Waals surface area (Å²) < 4.78 is 5.46. The molecule has 1 aliphatic rings. The number of esters is 1. The molecule has 0 fully saturated rings. The molecule has 0 saturated carbocycles. The van der Waals surface area contributed by atoms with Crippen LogP contribution in [0.2, 0.25) is 5.02 Å². The van der Waals surface area contributed by atoms with Gasteiger partial charge in [-0.1, -0.05) is 48.0 Å². The highest BCUT2D eigenvalue weighted by Crippen LogP contribution is 2.33. The van der Waals surface area contributed by atoms with Gasteiger partial charge in [-0.25, -0.2) is 4.79 Å². The number of ether oxygens (including phenoxy) is 1. The number of rotatable bonds is 1.